The molecular formula is C19H26N4O3. The summed E-state index contributed by atoms with van der Waals surface area (Å²) >= 11 is 0. The van der Waals surface area contributed by atoms with Crippen molar-refractivity contribution in [3.63, 3.8) is 0 Å². The maximum Gasteiger partial charge on any atom is 0.409 e. The van der Waals surface area contributed by atoms with Crippen LogP contribution in [0.1, 0.15) is 42.4 Å². The highest BCUT2D eigenvalue weighted by Crippen LogP contribution is 2.22. The zero-order valence-electron chi connectivity index (χ0n) is 15.9. The quantitative estimate of drug-likeness (QED) is 0.828. The average Bonchev–Trinajstić information content (AvgIpc) is 2.82. The van der Waals surface area contributed by atoms with Crippen LogP contribution in [-0.2, 0) is 11.8 Å². The van der Waals surface area contributed by atoms with Crippen molar-refractivity contribution in [1.82, 2.24) is 19.4 Å². The number of hydrogen-bond acceptors (Lipinski definition) is 4. The molecule has 0 unspecified atom stereocenters. The minimum atomic E-state index is -0.338. The summed E-state index contributed by atoms with van der Waals surface area (Å²) in [5, 5.41) is 0. The molecule has 0 aliphatic carbocycles. The molecule has 140 valence electrons. The molecule has 2 aromatic rings. The molecule has 1 aromatic carbocycles. The number of carbonyl (C=O) groups is 2. The molecule has 0 bridgehead atoms. The topological polar surface area (TPSA) is 67.7 Å². The molecule has 1 aliphatic rings. The molecule has 1 aromatic heterocycles. The standard InChI is InChI=1S/C19H26N4O3/c1-13(2)17-20-15-12-14(6-7-16(15)21(17)3)18(24)22-8-5-9-23(11-10-22)19(25)26-4/h6-7,12-13H,5,8-11H2,1-4H3. The third-order valence-corrected chi connectivity index (χ3v) is 4.89. The Labute approximate surface area is 153 Å². The molecule has 7 heteroatoms. The van der Waals surface area contributed by atoms with Crippen LogP contribution < -0.4 is 0 Å². The Hall–Kier alpha value is -2.57. The maximum atomic E-state index is 12.9. The van der Waals surface area contributed by atoms with Crippen LogP contribution in [0, 0.1) is 0 Å². The number of aromatic nitrogens is 2. The molecule has 2 amide bonds. The lowest BCUT2D eigenvalue weighted by atomic mass is 10.1. The first-order valence-corrected chi connectivity index (χ1v) is 9.01. The number of carbonyl (C=O) groups excluding carboxylic acids is 2. The van der Waals surface area contributed by atoms with Crippen molar-refractivity contribution in [2.75, 3.05) is 33.3 Å². The molecule has 7 nitrogen and oxygen atoms in total. The molecule has 26 heavy (non-hydrogen) atoms. The van der Waals surface area contributed by atoms with Gasteiger partial charge in [-0.1, -0.05) is 13.8 Å². The first-order valence-electron chi connectivity index (χ1n) is 9.01. The zero-order valence-corrected chi connectivity index (χ0v) is 15.9. The van der Waals surface area contributed by atoms with Gasteiger partial charge in [0.15, 0.2) is 0 Å². The molecule has 0 N–H and O–H groups in total. The Morgan fingerprint density at radius 2 is 1.81 bits per heavy atom. The SMILES string of the molecule is COC(=O)N1CCCN(C(=O)c2ccc3c(c2)nc(C(C)C)n3C)CC1. The third-order valence-electron chi connectivity index (χ3n) is 4.89. The summed E-state index contributed by atoms with van der Waals surface area (Å²) in [6.45, 7) is 6.44. The minimum absolute atomic E-state index is 0.0182. The number of fused-ring (bicyclic) bond motifs is 1. The first-order chi connectivity index (χ1) is 12.4. The average molecular weight is 358 g/mol. The monoisotopic (exact) mass is 358 g/mol. The lowest BCUT2D eigenvalue weighted by Crippen LogP contribution is -2.37. The van der Waals surface area contributed by atoms with E-state index >= 15 is 0 Å². The second-order valence-corrected chi connectivity index (χ2v) is 6.99. The largest absolute Gasteiger partial charge is 0.453 e. The highest BCUT2D eigenvalue weighted by molar-refractivity contribution is 5.97. The number of methoxy groups -OCH3 is 1. The van der Waals surface area contributed by atoms with Crippen molar-refractivity contribution in [3.05, 3.63) is 29.6 Å². The molecule has 2 heterocycles. The molecule has 3 rings (SSSR count). The van der Waals surface area contributed by atoms with Crippen molar-refractivity contribution in [2.24, 2.45) is 7.05 Å². The highest BCUT2D eigenvalue weighted by atomic mass is 16.5. The molecule has 1 saturated heterocycles. The van der Waals surface area contributed by atoms with Crippen LogP contribution in [0.15, 0.2) is 18.2 Å². The highest BCUT2D eigenvalue weighted by Gasteiger charge is 2.23. The Morgan fingerprint density at radius 3 is 2.50 bits per heavy atom. The third kappa shape index (κ3) is 3.38. The lowest BCUT2D eigenvalue weighted by Gasteiger charge is -2.21. The van der Waals surface area contributed by atoms with Crippen LogP contribution in [0.25, 0.3) is 11.0 Å². The Morgan fingerprint density at radius 1 is 1.12 bits per heavy atom. The van der Waals surface area contributed by atoms with Gasteiger partial charge in [-0.15, -0.1) is 0 Å². The van der Waals surface area contributed by atoms with E-state index in [0.717, 1.165) is 23.3 Å². The van der Waals surface area contributed by atoms with Crippen molar-refractivity contribution in [1.29, 1.82) is 0 Å². The fourth-order valence-corrected chi connectivity index (χ4v) is 3.48. The van der Waals surface area contributed by atoms with Gasteiger partial charge in [-0.25, -0.2) is 9.78 Å². The van der Waals surface area contributed by atoms with E-state index in [1.807, 2.05) is 25.2 Å². The molecule has 1 aliphatic heterocycles. The Balaban J connectivity index is 1.80. The van der Waals surface area contributed by atoms with E-state index in [2.05, 4.69) is 23.4 Å². The Kier molecular flexibility index (Phi) is 5.15. The number of ether oxygens (including phenoxy) is 1. The number of rotatable bonds is 2. The van der Waals surface area contributed by atoms with Gasteiger partial charge in [-0.05, 0) is 24.6 Å². The maximum absolute atomic E-state index is 12.9. The second-order valence-electron chi connectivity index (χ2n) is 6.99. The minimum Gasteiger partial charge on any atom is -0.453 e. The van der Waals surface area contributed by atoms with Crippen LogP contribution in [0.5, 0.6) is 0 Å². The summed E-state index contributed by atoms with van der Waals surface area (Å²) < 4.78 is 6.86. The summed E-state index contributed by atoms with van der Waals surface area (Å²) in [4.78, 5) is 32.7. The van der Waals surface area contributed by atoms with E-state index in [1.54, 1.807) is 9.80 Å². The van der Waals surface area contributed by atoms with Crippen LogP contribution in [-0.4, -0.2) is 64.6 Å². The first kappa shape index (κ1) is 18.2. The van der Waals surface area contributed by atoms with Gasteiger partial charge in [-0.3, -0.25) is 4.79 Å². The predicted octanol–water partition coefficient (Wildman–Crippen LogP) is 2.61. The van der Waals surface area contributed by atoms with Gasteiger partial charge in [0, 0.05) is 44.7 Å². The van der Waals surface area contributed by atoms with E-state index in [4.69, 9.17) is 4.74 Å². The van der Waals surface area contributed by atoms with Crippen molar-refractivity contribution in [3.8, 4) is 0 Å². The van der Waals surface area contributed by atoms with Gasteiger partial charge < -0.3 is 19.1 Å². The molecule has 0 atom stereocenters. The summed E-state index contributed by atoms with van der Waals surface area (Å²) in [5.41, 5.74) is 2.50. The summed E-state index contributed by atoms with van der Waals surface area (Å²) in [5.74, 6) is 1.31. The predicted molar refractivity (Wildman–Crippen MR) is 99.3 cm³/mol. The van der Waals surface area contributed by atoms with Crippen molar-refractivity contribution >= 4 is 23.0 Å². The number of aryl methyl sites for hydroxylation is 1. The smallest absolute Gasteiger partial charge is 0.409 e. The normalized spacial score (nSPS) is 15.4. The second kappa shape index (κ2) is 7.35. The van der Waals surface area contributed by atoms with E-state index < -0.39 is 0 Å². The van der Waals surface area contributed by atoms with E-state index in [1.165, 1.54) is 7.11 Å². The van der Waals surface area contributed by atoms with Gasteiger partial charge in [0.1, 0.15) is 5.82 Å². The lowest BCUT2D eigenvalue weighted by molar-refractivity contribution is 0.0757. The fourth-order valence-electron chi connectivity index (χ4n) is 3.48. The number of benzene rings is 1. The van der Waals surface area contributed by atoms with Crippen LogP contribution in [0.2, 0.25) is 0 Å². The van der Waals surface area contributed by atoms with Gasteiger partial charge in [0.25, 0.3) is 5.91 Å². The molecule has 1 fully saturated rings. The zero-order chi connectivity index (χ0) is 18.8. The van der Waals surface area contributed by atoms with Gasteiger partial charge in [-0.2, -0.15) is 0 Å². The summed E-state index contributed by atoms with van der Waals surface area (Å²) in [7, 11) is 3.38. The number of hydrogen-bond donors (Lipinski definition) is 0. The number of imidazole rings is 1. The summed E-state index contributed by atoms with van der Waals surface area (Å²) in [6, 6.07) is 5.69. The number of nitrogens with zero attached hydrogens (tertiary/aromatic N) is 4. The summed E-state index contributed by atoms with van der Waals surface area (Å²) in [6.07, 6.45) is 0.403. The Bertz CT molecular complexity index is 828. The molecule has 0 spiro atoms. The van der Waals surface area contributed by atoms with Crippen LogP contribution in [0.4, 0.5) is 4.79 Å². The molecule has 0 saturated carbocycles. The van der Waals surface area contributed by atoms with Crippen molar-refractivity contribution in [2.45, 2.75) is 26.2 Å². The van der Waals surface area contributed by atoms with Gasteiger partial charge in [0.05, 0.1) is 18.1 Å². The molecule has 0 radical (unpaired) electrons. The van der Waals surface area contributed by atoms with E-state index in [9.17, 15) is 9.59 Å². The van der Waals surface area contributed by atoms with E-state index in [-0.39, 0.29) is 12.0 Å². The van der Waals surface area contributed by atoms with Crippen LogP contribution >= 0.6 is 0 Å². The fraction of sp³-hybridized carbons (Fsp3) is 0.526. The van der Waals surface area contributed by atoms with Gasteiger partial charge in [0.2, 0.25) is 0 Å². The van der Waals surface area contributed by atoms with Crippen LogP contribution in [0.3, 0.4) is 0 Å². The van der Waals surface area contributed by atoms with Crippen molar-refractivity contribution < 1.29 is 14.3 Å². The number of amides is 2. The molecular weight excluding hydrogens is 332 g/mol. The van der Waals surface area contributed by atoms with Gasteiger partial charge >= 0.3 is 6.09 Å². The van der Waals surface area contributed by atoms with E-state index in [0.29, 0.717) is 37.7 Å².